The van der Waals surface area contributed by atoms with Crippen molar-refractivity contribution < 1.29 is 14.7 Å². The molecule has 1 aliphatic heterocycles. The zero-order chi connectivity index (χ0) is 20.0. The molecule has 2 aromatic carbocycles. The highest BCUT2D eigenvalue weighted by Crippen LogP contribution is 2.49. The van der Waals surface area contributed by atoms with Gasteiger partial charge in [0.1, 0.15) is 11.0 Å². The lowest BCUT2D eigenvalue weighted by Crippen LogP contribution is -2.70. The molecule has 0 radical (unpaired) electrons. The van der Waals surface area contributed by atoms with Gasteiger partial charge in [-0.3, -0.25) is 9.59 Å². The van der Waals surface area contributed by atoms with Crippen LogP contribution in [0.3, 0.4) is 0 Å². The maximum absolute atomic E-state index is 13.3. The summed E-state index contributed by atoms with van der Waals surface area (Å²) in [5.41, 5.74) is 4.88. The second-order valence-corrected chi connectivity index (χ2v) is 8.06. The lowest BCUT2D eigenvalue weighted by atomic mass is 9.59. The van der Waals surface area contributed by atoms with E-state index in [0.29, 0.717) is 21.3 Å². The van der Waals surface area contributed by atoms with Gasteiger partial charge in [-0.1, -0.05) is 55.2 Å². The van der Waals surface area contributed by atoms with Crippen LogP contribution in [0.1, 0.15) is 25.0 Å². The summed E-state index contributed by atoms with van der Waals surface area (Å²) < 4.78 is 0. The van der Waals surface area contributed by atoms with Gasteiger partial charge in [-0.15, -0.1) is 0 Å². The number of carboxylic acids is 1. The molecule has 142 valence electrons. The molecule has 27 heavy (non-hydrogen) atoms. The van der Waals surface area contributed by atoms with E-state index in [0.717, 1.165) is 5.56 Å². The van der Waals surface area contributed by atoms with E-state index in [2.05, 4.69) is 5.32 Å². The first-order chi connectivity index (χ1) is 12.6. The van der Waals surface area contributed by atoms with Crippen molar-refractivity contribution in [3.8, 4) is 0 Å². The van der Waals surface area contributed by atoms with Crippen LogP contribution in [-0.4, -0.2) is 22.5 Å². The first-order valence-electron chi connectivity index (χ1n) is 8.51. The predicted molar refractivity (Wildman–Crippen MR) is 106 cm³/mol. The van der Waals surface area contributed by atoms with Crippen molar-refractivity contribution in [2.75, 3.05) is 5.32 Å². The molecular formula is C20H20Cl2N2O3. The fourth-order valence-corrected chi connectivity index (χ4v) is 4.34. The molecule has 0 aliphatic carbocycles. The van der Waals surface area contributed by atoms with Crippen LogP contribution in [0.4, 0.5) is 5.69 Å². The molecule has 2 aromatic rings. The number of carbonyl (C=O) groups excluding carboxylic acids is 1. The SMILES string of the molecule is CC(C)C(N)(C(=O)O)C1(Cc2cccc(Cl)c2)C(=O)Nc2cc(Cl)ccc21. The van der Waals surface area contributed by atoms with Crippen molar-refractivity contribution in [1.82, 2.24) is 0 Å². The fraction of sp³-hybridized carbons (Fsp3) is 0.300. The van der Waals surface area contributed by atoms with Crippen LogP contribution in [-0.2, 0) is 21.4 Å². The molecule has 0 aromatic heterocycles. The molecule has 2 atom stereocenters. The zero-order valence-electron chi connectivity index (χ0n) is 14.9. The van der Waals surface area contributed by atoms with E-state index in [-0.39, 0.29) is 6.42 Å². The van der Waals surface area contributed by atoms with Crippen LogP contribution < -0.4 is 11.1 Å². The van der Waals surface area contributed by atoms with Gasteiger partial charge in [-0.05, 0) is 47.7 Å². The molecule has 0 saturated carbocycles. The Hall–Kier alpha value is -2.08. The smallest absolute Gasteiger partial charge is 0.325 e. The third-order valence-corrected chi connectivity index (χ3v) is 5.88. The summed E-state index contributed by atoms with van der Waals surface area (Å²) in [6.45, 7) is 3.41. The molecule has 4 N–H and O–H groups in total. The lowest BCUT2D eigenvalue weighted by Gasteiger charge is -2.44. The predicted octanol–water partition coefficient (Wildman–Crippen LogP) is 3.86. The van der Waals surface area contributed by atoms with E-state index >= 15 is 0 Å². The summed E-state index contributed by atoms with van der Waals surface area (Å²) >= 11 is 12.2. The summed E-state index contributed by atoms with van der Waals surface area (Å²) in [7, 11) is 0. The highest BCUT2D eigenvalue weighted by molar-refractivity contribution is 6.31. The van der Waals surface area contributed by atoms with Gasteiger partial charge < -0.3 is 16.2 Å². The van der Waals surface area contributed by atoms with Crippen molar-refractivity contribution in [2.24, 2.45) is 11.7 Å². The molecule has 2 unspecified atom stereocenters. The van der Waals surface area contributed by atoms with E-state index in [1.165, 1.54) is 0 Å². The van der Waals surface area contributed by atoms with E-state index in [9.17, 15) is 14.7 Å². The number of benzene rings is 2. The Morgan fingerprint density at radius 2 is 1.89 bits per heavy atom. The number of hydrogen-bond acceptors (Lipinski definition) is 3. The van der Waals surface area contributed by atoms with Crippen LogP contribution in [0.15, 0.2) is 42.5 Å². The second kappa shape index (κ2) is 6.82. The second-order valence-electron chi connectivity index (χ2n) is 7.18. The molecule has 1 amide bonds. The van der Waals surface area contributed by atoms with Crippen LogP contribution in [0.2, 0.25) is 10.0 Å². The largest absolute Gasteiger partial charge is 0.480 e. The van der Waals surface area contributed by atoms with Gasteiger partial charge in [0.15, 0.2) is 0 Å². The first kappa shape index (κ1) is 19.7. The number of amides is 1. The topological polar surface area (TPSA) is 92.4 Å². The number of fused-ring (bicyclic) bond motifs is 1. The summed E-state index contributed by atoms with van der Waals surface area (Å²) in [5.74, 6) is -2.22. The Kier molecular flexibility index (Phi) is 4.97. The van der Waals surface area contributed by atoms with E-state index in [4.69, 9.17) is 28.9 Å². The van der Waals surface area contributed by atoms with Crippen LogP contribution in [0.5, 0.6) is 0 Å². The first-order valence-corrected chi connectivity index (χ1v) is 9.26. The molecule has 1 aliphatic rings. The minimum absolute atomic E-state index is 0.0923. The van der Waals surface area contributed by atoms with E-state index < -0.39 is 28.7 Å². The van der Waals surface area contributed by atoms with Crippen LogP contribution in [0.25, 0.3) is 0 Å². The number of nitrogens with two attached hydrogens (primary N) is 1. The van der Waals surface area contributed by atoms with Crippen molar-refractivity contribution in [2.45, 2.75) is 31.2 Å². The minimum atomic E-state index is -1.85. The normalized spacial score (nSPS) is 20.9. The highest BCUT2D eigenvalue weighted by Gasteiger charge is 2.64. The number of carbonyl (C=O) groups is 2. The summed E-state index contributed by atoms with van der Waals surface area (Å²) in [5, 5.41) is 13.8. The monoisotopic (exact) mass is 406 g/mol. The van der Waals surface area contributed by atoms with Crippen LogP contribution >= 0.6 is 23.2 Å². The number of nitrogens with one attached hydrogen (secondary N) is 1. The van der Waals surface area contributed by atoms with Gasteiger partial charge in [0.25, 0.3) is 0 Å². The number of rotatable bonds is 5. The number of aliphatic carboxylic acids is 1. The number of halogens is 2. The Labute approximate surface area is 167 Å². The Morgan fingerprint density at radius 3 is 2.48 bits per heavy atom. The number of anilines is 1. The molecule has 3 rings (SSSR count). The summed E-state index contributed by atoms with van der Waals surface area (Å²) in [4.78, 5) is 25.7. The fourth-order valence-electron chi connectivity index (χ4n) is 3.95. The summed E-state index contributed by atoms with van der Waals surface area (Å²) in [6, 6.07) is 11.9. The van der Waals surface area contributed by atoms with Gasteiger partial charge in [0.05, 0.1) is 0 Å². The Morgan fingerprint density at radius 1 is 1.22 bits per heavy atom. The third kappa shape index (κ3) is 2.90. The van der Waals surface area contributed by atoms with Gasteiger partial charge in [-0.2, -0.15) is 0 Å². The molecular weight excluding hydrogens is 387 g/mol. The summed E-state index contributed by atoms with van der Waals surface area (Å²) in [6.07, 6.45) is 0.0923. The average molecular weight is 407 g/mol. The van der Waals surface area contributed by atoms with E-state index in [1.807, 2.05) is 0 Å². The van der Waals surface area contributed by atoms with Gasteiger partial charge in [0, 0.05) is 15.7 Å². The molecule has 0 fully saturated rings. The van der Waals surface area contributed by atoms with E-state index in [1.54, 1.807) is 56.3 Å². The molecule has 7 heteroatoms. The van der Waals surface area contributed by atoms with Crippen molar-refractivity contribution >= 4 is 40.8 Å². The lowest BCUT2D eigenvalue weighted by molar-refractivity contribution is -0.152. The van der Waals surface area contributed by atoms with Crippen molar-refractivity contribution in [3.05, 3.63) is 63.6 Å². The average Bonchev–Trinajstić information content (AvgIpc) is 2.85. The maximum Gasteiger partial charge on any atom is 0.325 e. The number of hydrogen-bond donors (Lipinski definition) is 3. The Bertz CT molecular complexity index is 931. The molecule has 0 bridgehead atoms. The molecule has 5 nitrogen and oxygen atoms in total. The molecule has 1 heterocycles. The van der Waals surface area contributed by atoms with Gasteiger partial charge in [-0.25, -0.2) is 0 Å². The third-order valence-electron chi connectivity index (χ3n) is 5.41. The molecule has 0 spiro atoms. The standard InChI is InChI=1S/C20H20Cl2N2O3/c1-11(2)20(23,18(26)27)19(10-12-4-3-5-13(21)8-12)15-7-6-14(22)9-16(15)24-17(19)25/h3-9,11H,10,23H2,1-2H3,(H,24,25)(H,26,27). The number of carboxylic acid groups (broad SMARTS) is 1. The zero-order valence-corrected chi connectivity index (χ0v) is 16.4. The van der Waals surface area contributed by atoms with Gasteiger partial charge in [0.2, 0.25) is 5.91 Å². The highest BCUT2D eigenvalue weighted by atomic mass is 35.5. The van der Waals surface area contributed by atoms with Gasteiger partial charge >= 0.3 is 5.97 Å². The quantitative estimate of drug-likeness (QED) is 0.702. The molecule has 0 saturated heterocycles. The minimum Gasteiger partial charge on any atom is -0.480 e. The Balaban J connectivity index is 2.32. The van der Waals surface area contributed by atoms with Crippen molar-refractivity contribution in [3.63, 3.8) is 0 Å². The maximum atomic E-state index is 13.3. The van der Waals surface area contributed by atoms with Crippen molar-refractivity contribution in [1.29, 1.82) is 0 Å². The van der Waals surface area contributed by atoms with Crippen LogP contribution in [0, 0.1) is 5.92 Å².